The van der Waals surface area contributed by atoms with Crippen LogP contribution in [0.4, 0.5) is 5.69 Å². The molecule has 7 nitrogen and oxygen atoms in total. The maximum Gasteiger partial charge on any atom is 0.305 e. The standard InChI is InChI=1S/C10H11NO6S/c1-17-10(12)5-3-7-2-4-9(18(15)16)8(6-7)11(13)14/h2,4,6H,3,5H2,1H3,(H,15,16). The molecule has 0 saturated carbocycles. The van der Waals surface area contributed by atoms with Gasteiger partial charge in [-0.25, -0.2) is 4.21 Å². The smallest absolute Gasteiger partial charge is 0.305 e. The number of nitro groups is 1. The number of hydrogen-bond acceptors (Lipinski definition) is 5. The molecule has 0 saturated heterocycles. The second-order valence-corrected chi connectivity index (χ2v) is 4.32. The van der Waals surface area contributed by atoms with Crippen LogP contribution in [0.25, 0.3) is 0 Å². The van der Waals surface area contributed by atoms with Gasteiger partial charge in [-0.1, -0.05) is 6.07 Å². The van der Waals surface area contributed by atoms with Gasteiger partial charge in [-0.3, -0.25) is 14.9 Å². The Morgan fingerprint density at radius 1 is 1.56 bits per heavy atom. The molecule has 98 valence electrons. The van der Waals surface area contributed by atoms with Gasteiger partial charge in [0.2, 0.25) is 0 Å². The summed E-state index contributed by atoms with van der Waals surface area (Å²) in [6.07, 6.45) is 0.362. The van der Waals surface area contributed by atoms with E-state index < -0.39 is 27.7 Å². The highest BCUT2D eigenvalue weighted by Gasteiger charge is 2.18. The van der Waals surface area contributed by atoms with Crippen LogP contribution in [0.3, 0.4) is 0 Å². The summed E-state index contributed by atoms with van der Waals surface area (Å²) in [7, 11) is 1.25. The van der Waals surface area contributed by atoms with E-state index in [-0.39, 0.29) is 17.7 Å². The van der Waals surface area contributed by atoms with E-state index in [9.17, 15) is 19.1 Å². The minimum absolute atomic E-state index is 0.0925. The van der Waals surface area contributed by atoms with Crippen LogP contribution in [-0.2, 0) is 27.0 Å². The monoisotopic (exact) mass is 273 g/mol. The zero-order valence-corrected chi connectivity index (χ0v) is 10.3. The lowest BCUT2D eigenvalue weighted by molar-refractivity contribution is -0.387. The van der Waals surface area contributed by atoms with Gasteiger partial charge in [0.25, 0.3) is 5.69 Å². The number of benzene rings is 1. The number of rotatable bonds is 5. The quantitative estimate of drug-likeness (QED) is 0.375. The van der Waals surface area contributed by atoms with Crippen molar-refractivity contribution in [1.82, 2.24) is 0 Å². The van der Waals surface area contributed by atoms with E-state index >= 15 is 0 Å². The highest BCUT2D eigenvalue weighted by molar-refractivity contribution is 7.79. The largest absolute Gasteiger partial charge is 0.469 e. The number of carbonyl (C=O) groups excluding carboxylic acids is 1. The van der Waals surface area contributed by atoms with Crippen molar-refractivity contribution < 1.29 is 23.2 Å². The van der Waals surface area contributed by atoms with Crippen LogP contribution in [0.5, 0.6) is 0 Å². The van der Waals surface area contributed by atoms with Gasteiger partial charge in [0, 0.05) is 12.5 Å². The summed E-state index contributed by atoms with van der Waals surface area (Å²) in [6.45, 7) is 0. The van der Waals surface area contributed by atoms with E-state index in [0.717, 1.165) is 0 Å². The molecule has 1 unspecified atom stereocenters. The number of carbonyl (C=O) groups is 1. The third-order valence-corrected chi connectivity index (χ3v) is 2.98. The molecule has 8 heteroatoms. The van der Waals surface area contributed by atoms with Gasteiger partial charge in [0.05, 0.1) is 12.0 Å². The van der Waals surface area contributed by atoms with Crippen molar-refractivity contribution in [2.45, 2.75) is 17.7 Å². The molecular formula is C10H11NO6S. The zero-order valence-electron chi connectivity index (χ0n) is 9.49. The Labute approximate surface area is 105 Å². The van der Waals surface area contributed by atoms with E-state index in [0.29, 0.717) is 5.56 Å². The molecular weight excluding hydrogens is 262 g/mol. The fourth-order valence-corrected chi connectivity index (χ4v) is 1.85. The first-order chi connectivity index (χ1) is 8.45. The molecule has 1 atom stereocenters. The van der Waals surface area contributed by atoms with Crippen molar-refractivity contribution in [3.63, 3.8) is 0 Å². The summed E-state index contributed by atoms with van der Waals surface area (Å²) in [4.78, 5) is 20.7. The molecule has 18 heavy (non-hydrogen) atoms. The minimum Gasteiger partial charge on any atom is -0.469 e. The summed E-state index contributed by atoms with van der Waals surface area (Å²) >= 11 is -2.42. The third-order valence-electron chi connectivity index (χ3n) is 2.25. The number of nitrogens with zero attached hydrogens (tertiary/aromatic N) is 1. The third kappa shape index (κ3) is 3.60. The summed E-state index contributed by atoms with van der Waals surface area (Å²) in [6, 6.07) is 3.87. The van der Waals surface area contributed by atoms with Crippen molar-refractivity contribution in [1.29, 1.82) is 0 Å². The first kappa shape index (κ1) is 14.3. The van der Waals surface area contributed by atoms with Crippen LogP contribution in [-0.4, -0.2) is 26.8 Å². The first-order valence-corrected chi connectivity index (χ1v) is 6.01. The summed E-state index contributed by atoms with van der Waals surface area (Å²) in [5.74, 6) is -0.424. The van der Waals surface area contributed by atoms with Gasteiger partial charge in [-0.15, -0.1) is 0 Å². The number of methoxy groups -OCH3 is 1. The Morgan fingerprint density at radius 2 is 2.22 bits per heavy atom. The molecule has 0 aromatic heterocycles. The lowest BCUT2D eigenvalue weighted by Gasteiger charge is -2.03. The molecule has 0 radical (unpaired) electrons. The van der Waals surface area contributed by atoms with Gasteiger partial charge in [0.15, 0.2) is 11.1 Å². The summed E-state index contributed by atoms with van der Waals surface area (Å²) in [5.41, 5.74) is 0.0968. The van der Waals surface area contributed by atoms with Crippen LogP contribution in [0.2, 0.25) is 0 Å². The highest BCUT2D eigenvalue weighted by atomic mass is 32.2. The maximum absolute atomic E-state index is 10.9. The minimum atomic E-state index is -2.42. The van der Waals surface area contributed by atoms with Gasteiger partial charge in [-0.05, 0) is 18.1 Å². The lowest BCUT2D eigenvalue weighted by Crippen LogP contribution is -2.03. The molecule has 0 bridgehead atoms. The van der Waals surface area contributed by atoms with E-state index in [4.69, 9.17) is 4.55 Å². The Balaban J connectivity index is 2.97. The average molecular weight is 273 g/mol. The number of ether oxygens (including phenoxy) is 1. The Hall–Kier alpha value is -1.80. The normalized spacial score (nSPS) is 11.9. The van der Waals surface area contributed by atoms with Crippen molar-refractivity contribution in [2.24, 2.45) is 0 Å². The molecule has 1 aromatic rings. The van der Waals surface area contributed by atoms with E-state index in [1.54, 1.807) is 0 Å². The van der Waals surface area contributed by atoms with Gasteiger partial charge >= 0.3 is 5.97 Å². The number of esters is 1. The molecule has 0 heterocycles. The van der Waals surface area contributed by atoms with Crippen LogP contribution >= 0.6 is 0 Å². The molecule has 1 rings (SSSR count). The van der Waals surface area contributed by atoms with Crippen LogP contribution in [0.15, 0.2) is 23.1 Å². The molecule has 0 aliphatic carbocycles. The molecule has 0 spiro atoms. The van der Waals surface area contributed by atoms with Crippen molar-refractivity contribution >= 4 is 22.7 Å². The fourth-order valence-electron chi connectivity index (χ4n) is 1.36. The van der Waals surface area contributed by atoms with Crippen LogP contribution in [0, 0.1) is 10.1 Å². The number of nitro benzene ring substituents is 1. The Morgan fingerprint density at radius 3 is 2.72 bits per heavy atom. The molecule has 0 fully saturated rings. The van der Waals surface area contributed by atoms with E-state index in [2.05, 4.69) is 4.74 Å². The maximum atomic E-state index is 10.9. The van der Waals surface area contributed by atoms with E-state index in [1.165, 1.54) is 25.3 Å². The SMILES string of the molecule is COC(=O)CCc1ccc(S(=O)O)c([N+](=O)[O-])c1. The first-order valence-electron chi connectivity index (χ1n) is 4.90. The Kier molecular flexibility index (Phi) is 4.93. The topological polar surface area (TPSA) is 107 Å². The lowest BCUT2D eigenvalue weighted by atomic mass is 10.1. The number of hydrogen-bond donors (Lipinski definition) is 1. The van der Waals surface area contributed by atoms with Crippen molar-refractivity contribution in [3.8, 4) is 0 Å². The van der Waals surface area contributed by atoms with Gasteiger partial charge in [-0.2, -0.15) is 0 Å². The predicted molar refractivity (Wildman–Crippen MR) is 62.5 cm³/mol. The second kappa shape index (κ2) is 6.22. The Bertz CT molecular complexity index is 501. The number of aryl methyl sites for hydroxylation is 1. The van der Waals surface area contributed by atoms with Crippen molar-refractivity contribution in [2.75, 3.05) is 7.11 Å². The summed E-state index contributed by atoms with van der Waals surface area (Å²) < 4.78 is 24.2. The predicted octanol–water partition coefficient (Wildman–Crippen LogP) is 1.28. The average Bonchev–Trinajstić information content (AvgIpc) is 2.35. The molecule has 0 aliphatic heterocycles. The fraction of sp³-hybridized carbons (Fsp3) is 0.300. The van der Waals surface area contributed by atoms with Crippen LogP contribution in [0.1, 0.15) is 12.0 Å². The van der Waals surface area contributed by atoms with Gasteiger partial charge < -0.3 is 9.29 Å². The molecule has 1 aromatic carbocycles. The molecule has 0 aliphatic rings. The van der Waals surface area contributed by atoms with Crippen molar-refractivity contribution in [3.05, 3.63) is 33.9 Å². The second-order valence-electron chi connectivity index (χ2n) is 3.38. The summed E-state index contributed by atoms with van der Waals surface area (Å²) in [5, 5.41) is 10.7. The van der Waals surface area contributed by atoms with Gasteiger partial charge in [0.1, 0.15) is 4.90 Å². The van der Waals surface area contributed by atoms with E-state index in [1.807, 2.05) is 0 Å². The molecule has 0 amide bonds. The highest BCUT2D eigenvalue weighted by Crippen LogP contribution is 2.23. The molecule has 1 N–H and O–H groups in total. The zero-order chi connectivity index (χ0) is 13.7. The van der Waals surface area contributed by atoms with Crippen LogP contribution < -0.4 is 0 Å².